The van der Waals surface area contributed by atoms with Gasteiger partial charge in [0.15, 0.2) is 5.16 Å². The molecule has 0 fully saturated rings. The molecule has 0 spiro atoms. The SMILES string of the molecule is CCOC(=O)n1c(SCc2nccc(OCCCOC)c2C)nc2ccccc21. The van der Waals surface area contributed by atoms with Gasteiger partial charge in [-0.2, -0.15) is 0 Å². The standard InChI is InChI=1S/C21H25N3O4S/c1-4-27-21(25)24-18-9-6-5-8-16(18)23-20(24)29-14-17-15(2)19(10-11-22-17)28-13-7-12-26-3/h5-6,8-11H,4,7,12-14H2,1-3H3. The molecule has 0 unspecified atom stereocenters. The van der Waals surface area contributed by atoms with Gasteiger partial charge in [0.1, 0.15) is 5.75 Å². The number of pyridine rings is 1. The number of imidazole rings is 1. The van der Waals surface area contributed by atoms with Crippen LogP contribution >= 0.6 is 11.8 Å². The van der Waals surface area contributed by atoms with Crippen LogP contribution in [0.25, 0.3) is 11.0 Å². The fraction of sp³-hybridized carbons (Fsp3) is 0.381. The van der Waals surface area contributed by atoms with Gasteiger partial charge in [-0.3, -0.25) is 4.98 Å². The van der Waals surface area contributed by atoms with Gasteiger partial charge in [-0.05, 0) is 32.0 Å². The first-order chi connectivity index (χ1) is 14.2. The zero-order valence-electron chi connectivity index (χ0n) is 16.9. The number of carbonyl (C=O) groups excluding carboxylic acids is 1. The molecule has 0 aliphatic rings. The minimum Gasteiger partial charge on any atom is -0.493 e. The van der Waals surface area contributed by atoms with Crippen LogP contribution in [0.4, 0.5) is 4.79 Å². The number of nitrogens with zero attached hydrogens (tertiary/aromatic N) is 3. The van der Waals surface area contributed by atoms with Crippen LogP contribution in [0.1, 0.15) is 24.6 Å². The molecular formula is C21H25N3O4S. The fourth-order valence-corrected chi connectivity index (χ4v) is 3.87. The van der Waals surface area contributed by atoms with Gasteiger partial charge in [-0.1, -0.05) is 23.9 Å². The van der Waals surface area contributed by atoms with E-state index in [4.69, 9.17) is 14.2 Å². The van der Waals surface area contributed by atoms with Crippen LogP contribution in [-0.2, 0) is 15.2 Å². The number of aromatic nitrogens is 3. The van der Waals surface area contributed by atoms with Gasteiger partial charge >= 0.3 is 6.09 Å². The van der Waals surface area contributed by atoms with Crippen LogP contribution in [0.3, 0.4) is 0 Å². The van der Waals surface area contributed by atoms with Crippen LogP contribution < -0.4 is 4.74 Å². The Morgan fingerprint density at radius 2 is 2.03 bits per heavy atom. The molecule has 0 bridgehead atoms. The molecule has 2 aromatic heterocycles. The van der Waals surface area contributed by atoms with Gasteiger partial charge in [0.05, 0.1) is 29.9 Å². The van der Waals surface area contributed by atoms with E-state index in [9.17, 15) is 4.79 Å². The molecule has 154 valence electrons. The second kappa shape index (κ2) is 10.3. The number of methoxy groups -OCH3 is 1. The molecule has 0 aliphatic carbocycles. The Balaban J connectivity index is 1.78. The molecule has 2 heterocycles. The van der Waals surface area contributed by atoms with Crippen LogP contribution in [-0.4, -0.2) is 47.6 Å². The molecule has 3 aromatic rings. The number of carbonyl (C=O) groups is 1. The highest BCUT2D eigenvalue weighted by Crippen LogP contribution is 2.29. The zero-order chi connectivity index (χ0) is 20.6. The fourth-order valence-electron chi connectivity index (χ4n) is 2.84. The summed E-state index contributed by atoms with van der Waals surface area (Å²) in [5, 5.41) is 0.581. The summed E-state index contributed by atoms with van der Waals surface area (Å²) < 4.78 is 17.6. The lowest BCUT2D eigenvalue weighted by molar-refractivity contribution is 0.152. The molecule has 0 amide bonds. The van der Waals surface area contributed by atoms with Crippen LogP contribution in [0.15, 0.2) is 41.7 Å². The predicted molar refractivity (Wildman–Crippen MR) is 113 cm³/mol. The second-order valence-electron chi connectivity index (χ2n) is 6.28. The lowest BCUT2D eigenvalue weighted by Gasteiger charge is -2.12. The van der Waals surface area contributed by atoms with E-state index in [1.165, 1.54) is 16.3 Å². The average Bonchev–Trinajstić information content (AvgIpc) is 3.10. The maximum absolute atomic E-state index is 12.5. The Kier molecular flexibility index (Phi) is 7.48. The van der Waals surface area contributed by atoms with E-state index in [-0.39, 0.29) is 0 Å². The molecule has 0 radical (unpaired) electrons. The van der Waals surface area contributed by atoms with Crippen molar-refractivity contribution in [3.63, 3.8) is 0 Å². The third-order valence-corrected chi connectivity index (χ3v) is 5.28. The van der Waals surface area contributed by atoms with E-state index in [1.807, 2.05) is 37.3 Å². The second-order valence-corrected chi connectivity index (χ2v) is 7.22. The van der Waals surface area contributed by atoms with Gasteiger partial charge in [-0.15, -0.1) is 0 Å². The normalized spacial score (nSPS) is 11.0. The summed E-state index contributed by atoms with van der Waals surface area (Å²) in [6.07, 6.45) is 2.14. The van der Waals surface area contributed by atoms with E-state index >= 15 is 0 Å². The van der Waals surface area contributed by atoms with Crippen molar-refractivity contribution in [1.82, 2.24) is 14.5 Å². The van der Waals surface area contributed by atoms with Crippen LogP contribution in [0.5, 0.6) is 5.75 Å². The summed E-state index contributed by atoms with van der Waals surface area (Å²) in [7, 11) is 1.68. The first-order valence-corrected chi connectivity index (χ1v) is 10.5. The number of rotatable bonds is 9. The van der Waals surface area contributed by atoms with Crippen molar-refractivity contribution in [3.05, 3.63) is 47.8 Å². The van der Waals surface area contributed by atoms with E-state index in [1.54, 1.807) is 20.2 Å². The molecule has 29 heavy (non-hydrogen) atoms. The minimum absolute atomic E-state index is 0.304. The molecule has 0 N–H and O–H groups in total. The number of thioether (sulfide) groups is 1. The molecule has 0 atom stereocenters. The molecule has 0 saturated carbocycles. The summed E-state index contributed by atoms with van der Waals surface area (Å²) in [5.41, 5.74) is 3.36. The minimum atomic E-state index is -0.427. The summed E-state index contributed by atoms with van der Waals surface area (Å²) in [5.74, 6) is 1.37. The Bertz CT molecular complexity index is 974. The van der Waals surface area contributed by atoms with Crippen molar-refractivity contribution in [2.45, 2.75) is 31.2 Å². The van der Waals surface area contributed by atoms with Crippen molar-refractivity contribution in [3.8, 4) is 5.75 Å². The number of hydrogen-bond acceptors (Lipinski definition) is 7. The Labute approximate surface area is 174 Å². The zero-order valence-corrected chi connectivity index (χ0v) is 17.7. The third kappa shape index (κ3) is 5.07. The molecule has 7 nitrogen and oxygen atoms in total. The van der Waals surface area contributed by atoms with Crippen molar-refractivity contribution >= 4 is 28.9 Å². The van der Waals surface area contributed by atoms with E-state index < -0.39 is 6.09 Å². The van der Waals surface area contributed by atoms with Crippen molar-refractivity contribution in [1.29, 1.82) is 0 Å². The highest BCUT2D eigenvalue weighted by molar-refractivity contribution is 7.98. The van der Waals surface area contributed by atoms with E-state index in [2.05, 4.69) is 9.97 Å². The number of para-hydroxylation sites is 2. The first-order valence-electron chi connectivity index (χ1n) is 9.49. The first kappa shape index (κ1) is 21.1. The highest BCUT2D eigenvalue weighted by Gasteiger charge is 2.19. The average molecular weight is 416 g/mol. The maximum atomic E-state index is 12.5. The highest BCUT2D eigenvalue weighted by atomic mass is 32.2. The maximum Gasteiger partial charge on any atom is 0.420 e. The molecule has 0 aliphatic heterocycles. The van der Waals surface area contributed by atoms with Crippen molar-refractivity contribution in [2.24, 2.45) is 0 Å². The monoisotopic (exact) mass is 415 g/mol. The predicted octanol–water partition coefficient (Wildman–Crippen LogP) is 4.45. The van der Waals surface area contributed by atoms with E-state index in [0.29, 0.717) is 30.7 Å². The van der Waals surface area contributed by atoms with Crippen LogP contribution in [0, 0.1) is 6.92 Å². The van der Waals surface area contributed by atoms with E-state index in [0.717, 1.165) is 34.5 Å². The van der Waals surface area contributed by atoms with Gasteiger partial charge in [0.2, 0.25) is 0 Å². The topological polar surface area (TPSA) is 75.5 Å². The van der Waals surface area contributed by atoms with Gasteiger partial charge in [0, 0.05) is 37.7 Å². The number of fused-ring (bicyclic) bond motifs is 1. The Morgan fingerprint density at radius 3 is 2.83 bits per heavy atom. The van der Waals surface area contributed by atoms with Crippen LogP contribution in [0.2, 0.25) is 0 Å². The molecule has 0 saturated heterocycles. The summed E-state index contributed by atoms with van der Waals surface area (Å²) in [4.78, 5) is 21.6. The lowest BCUT2D eigenvalue weighted by atomic mass is 10.2. The number of hydrogen-bond donors (Lipinski definition) is 0. The molecule has 8 heteroatoms. The number of ether oxygens (including phenoxy) is 3. The third-order valence-electron chi connectivity index (χ3n) is 4.33. The largest absolute Gasteiger partial charge is 0.493 e. The Morgan fingerprint density at radius 1 is 1.21 bits per heavy atom. The number of benzene rings is 1. The molecule has 1 aromatic carbocycles. The molecule has 3 rings (SSSR count). The summed E-state index contributed by atoms with van der Waals surface area (Å²) in [6, 6.07) is 9.39. The quantitative estimate of drug-likeness (QED) is 0.377. The van der Waals surface area contributed by atoms with Crippen molar-refractivity contribution in [2.75, 3.05) is 26.9 Å². The lowest BCUT2D eigenvalue weighted by Crippen LogP contribution is -2.14. The van der Waals surface area contributed by atoms with Gasteiger partial charge in [-0.25, -0.2) is 14.3 Å². The summed E-state index contributed by atoms with van der Waals surface area (Å²) in [6.45, 7) is 5.33. The summed E-state index contributed by atoms with van der Waals surface area (Å²) >= 11 is 1.45. The van der Waals surface area contributed by atoms with Gasteiger partial charge < -0.3 is 14.2 Å². The van der Waals surface area contributed by atoms with Crippen molar-refractivity contribution < 1.29 is 19.0 Å². The Hall–Kier alpha value is -2.58. The smallest absolute Gasteiger partial charge is 0.420 e. The van der Waals surface area contributed by atoms with Gasteiger partial charge in [0.25, 0.3) is 0 Å². The molecular weight excluding hydrogens is 390 g/mol.